The van der Waals surface area contributed by atoms with Gasteiger partial charge in [-0.05, 0) is 110 Å². The van der Waals surface area contributed by atoms with Crippen LogP contribution in [0.25, 0.3) is 43.4 Å². The van der Waals surface area contributed by atoms with Gasteiger partial charge in [-0.3, -0.25) is 0 Å². The van der Waals surface area contributed by atoms with Gasteiger partial charge in [0.2, 0.25) is 0 Å². The third kappa shape index (κ3) is 4.00. The van der Waals surface area contributed by atoms with Crippen molar-refractivity contribution in [2.24, 2.45) is 0 Å². The Morgan fingerprint density at radius 2 is 0.786 bits per heavy atom. The summed E-state index contributed by atoms with van der Waals surface area (Å²) in [7, 11) is -0.908. The Morgan fingerprint density at radius 1 is 0.405 bits per heavy atom. The molecule has 2 heterocycles. The summed E-state index contributed by atoms with van der Waals surface area (Å²) in [5.74, 6) is 0. The lowest BCUT2D eigenvalue weighted by molar-refractivity contribution is 0.00578. The highest BCUT2D eigenvalue weighted by Crippen LogP contribution is 2.43. The van der Waals surface area contributed by atoms with Crippen molar-refractivity contribution in [3.05, 3.63) is 84.9 Å². The summed E-state index contributed by atoms with van der Waals surface area (Å²) in [5, 5.41) is 6.94. The van der Waals surface area contributed by atoms with Crippen LogP contribution >= 0.6 is 0 Å². The first-order valence-electron chi connectivity index (χ1n) is 15.0. The van der Waals surface area contributed by atoms with E-state index in [2.05, 4.69) is 140 Å². The van der Waals surface area contributed by atoms with E-state index >= 15 is 0 Å². The number of hydrogen-bond donors (Lipinski definition) is 0. The molecular formula is C36H38B2O4. The predicted octanol–water partition coefficient (Wildman–Crippen LogP) is 7.41. The third-order valence-corrected chi connectivity index (χ3v) is 10.2. The second-order valence-electron chi connectivity index (χ2n) is 13.8. The number of benzene rings is 5. The normalized spacial score (nSPS) is 20.7. The highest BCUT2D eigenvalue weighted by Gasteiger charge is 2.53. The highest BCUT2D eigenvalue weighted by atomic mass is 16.7. The maximum Gasteiger partial charge on any atom is 0.496 e. The smallest absolute Gasteiger partial charge is 0.399 e. The molecule has 0 N–H and O–H groups in total. The van der Waals surface area contributed by atoms with E-state index in [4.69, 9.17) is 18.6 Å². The summed E-state index contributed by atoms with van der Waals surface area (Å²) in [6.07, 6.45) is 0. The molecule has 7 rings (SSSR count). The second-order valence-corrected chi connectivity index (χ2v) is 13.8. The van der Waals surface area contributed by atoms with Crippen LogP contribution in [0, 0.1) is 0 Å². The van der Waals surface area contributed by atoms with E-state index in [1.165, 1.54) is 27.3 Å². The fourth-order valence-electron chi connectivity index (χ4n) is 6.38. The van der Waals surface area contributed by atoms with Crippen LogP contribution in [0.2, 0.25) is 0 Å². The number of rotatable bonds is 3. The number of fused-ring (bicyclic) bond motifs is 3. The van der Waals surface area contributed by atoms with Crippen molar-refractivity contribution in [1.82, 2.24) is 0 Å². The van der Waals surface area contributed by atoms with Crippen molar-refractivity contribution in [3.8, 4) is 11.1 Å². The van der Waals surface area contributed by atoms with E-state index in [-0.39, 0.29) is 0 Å². The summed E-state index contributed by atoms with van der Waals surface area (Å²) in [4.78, 5) is 0. The van der Waals surface area contributed by atoms with Gasteiger partial charge in [-0.25, -0.2) is 0 Å². The van der Waals surface area contributed by atoms with E-state index < -0.39 is 36.6 Å². The van der Waals surface area contributed by atoms with E-state index in [0.717, 1.165) is 27.1 Å². The first-order chi connectivity index (χ1) is 19.8. The molecule has 5 aromatic carbocycles. The van der Waals surface area contributed by atoms with Crippen LogP contribution < -0.4 is 10.9 Å². The Hall–Kier alpha value is -3.15. The van der Waals surface area contributed by atoms with Crippen LogP contribution in [0.3, 0.4) is 0 Å². The standard InChI is InChI=1S/C36H38B2O4/c1-33(2)34(3,4)40-37(39-33)30-22-21-27(23-15-9-10-16-24(23)30)31-25-17-11-13-19-28(25)32(29-20-14-12-18-26(29)31)38-41-35(5,6)36(7,8)42-38/h9-22H,1-8H3. The van der Waals surface area contributed by atoms with E-state index in [1.807, 2.05) is 0 Å². The van der Waals surface area contributed by atoms with Gasteiger partial charge in [0.05, 0.1) is 22.4 Å². The van der Waals surface area contributed by atoms with Gasteiger partial charge in [0.25, 0.3) is 0 Å². The quantitative estimate of drug-likeness (QED) is 0.171. The molecule has 2 saturated heterocycles. The molecule has 5 aromatic rings. The second kappa shape index (κ2) is 9.17. The van der Waals surface area contributed by atoms with E-state index in [1.54, 1.807) is 0 Å². The van der Waals surface area contributed by atoms with E-state index in [9.17, 15) is 0 Å². The molecule has 0 saturated carbocycles. The molecule has 0 bridgehead atoms. The highest BCUT2D eigenvalue weighted by molar-refractivity contribution is 6.69. The number of hydrogen-bond acceptors (Lipinski definition) is 4. The zero-order valence-electron chi connectivity index (χ0n) is 25.9. The van der Waals surface area contributed by atoms with Crippen LogP contribution in [0.5, 0.6) is 0 Å². The lowest BCUT2D eigenvalue weighted by Gasteiger charge is -2.32. The average Bonchev–Trinajstić information content (AvgIpc) is 3.30. The minimum atomic E-state index is -0.471. The maximum atomic E-state index is 6.64. The Kier molecular flexibility index (Phi) is 6.04. The monoisotopic (exact) mass is 556 g/mol. The van der Waals surface area contributed by atoms with Crippen LogP contribution in [-0.2, 0) is 18.6 Å². The third-order valence-electron chi connectivity index (χ3n) is 10.2. The molecule has 0 spiro atoms. The summed E-state index contributed by atoms with van der Waals surface area (Å²) in [6, 6.07) is 30.3. The Morgan fingerprint density at radius 3 is 1.26 bits per heavy atom. The first-order valence-corrected chi connectivity index (χ1v) is 15.0. The molecule has 4 nitrogen and oxygen atoms in total. The SMILES string of the molecule is CC1(C)OB(c2ccc(-c3c4ccccc4c(B4OC(C)(C)C(C)(C)O4)c4ccccc34)c3ccccc23)OC1(C)C. The molecule has 2 fully saturated rings. The fourth-order valence-corrected chi connectivity index (χ4v) is 6.38. The molecular weight excluding hydrogens is 518 g/mol. The van der Waals surface area contributed by atoms with Crippen LogP contribution in [-0.4, -0.2) is 36.6 Å². The minimum Gasteiger partial charge on any atom is -0.399 e. The fraction of sp³-hybridized carbons (Fsp3) is 0.333. The molecule has 0 aromatic heterocycles. The van der Waals surface area contributed by atoms with Gasteiger partial charge in [-0.1, -0.05) is 84.9 Å². The molecule has 212 valence electrons. The maximum absolute atomic E-state index is 6.64. The Labute approximate surface area is 249 Å². The molecule has 0 aliphatic carbocycles. The van der Waals surface area contributed by atoms with Crippen molar-refractivity contribution < 1.29 is 18.6 Å². The molecule has 0 unspecified atom stereocenters. The van der Waals surface area contributed by atoms with Crippen molar-refractivity contribution in [3.63, 3.8) is 0 Å². The van der Waals surface area contributed by atoms with E-state index in [0.29, 0.717) is 0 Å². The van der Waals surface area contributed by atoms with Crippen molar-refractivity contribution in [1.29, 1.82) is 0 Å². The van der Waals surface area contributed by atoms with Gasteiger partial charge in [0.15, 0.2) is 0 Å². The summed E-state index contributed by atoms with van der Waals surface area (Å²) < 4.78 is 26.3. The van der Waals surface area contributed by atoms with Gasteiger partial charge >= 0.3 is 14.2 Å². The van der Waals surface area contributed by atoms with Crippen molar-refractivity contribution in [2.45, 2.75) is 77.8 Å². The molecule has 6 heteroatoms. The average molecular weight is 556 g/mol. The lowest BCUT2D eigenvalue weighted by Crippen LogP contribution is -2.41. The van der Waals surface area contributed by atoms with Gasteiger partial charge in [-0.15, -0.1) is 0 Å². The van der Waals surface area contributed by atoms with Crippen molar-refractivity contribution >= 4 is 57.5 Å². The predicted molar refractivity (Wildman–Crippen MR) is 176 cm³/mol. The van der Waals surface area contributed by atoms with Crippen molar-refractivity contribution in [2.75, 3.05) is 0 Å². The zero-order chi connectivity index (χ0) is 29.7. The Balaban J connectivity index is 1.49. The molecule has 2 aliphatic heterocycles. The Bertz CT molecular complexity index is 1780. The molecule has 0 atom stereocenters. The summed E-state index contributed by atoms with van der Waals surface area (Å²) in [5.41, 5.74) is 2.84. The van der Waals surface area contributed by atoms with Gasteiger partial charge in [-0.2, -0.15) is 0 Å². The largest absolute Gasteiger partial charge is 0.496 e. The topological polar surface area (TPSA) is 36.9 Å². The minimum absolute atomic E-state index is 0.410. The molecule has 0 radical (unpaired) electrons. The summed E-state index contributed by atoms with van der Waals surface area (Å²) >= 11 is 0. The van der Waals surface area contributed by atoms with Gasteiger partial charge < -0.3 is 18.6 Å². The molecule has 42 heavy (non-hydrogen) atoms. The molecule has 0 amide bonds. The van der Waals surface area contributed by atoms with Crippen LogP contribution in [0.1, 0.15) is 55.4 Å². The van der Waals surface area contributed by atoms with Crippen LogP contribution in [0.4, 0.5) is 0 Å². The summed E-state index contributed by atoms with van der Waals surface area (Å²) in [6.45, 7) is 16.8. The van der Waals surface area contributed by atoms with Crippen LogP contribution in [0.15, 0.2) is 84.9 Å². The lowest BCUT2D eigenvalue weighted by atomic mass is 9.70. The van der Waals surface area contributed by atoms with Gasteiger partial charge in [0, 0.05) is 0 Å². The zero-order valence-corrected chi connectivity index (χ0v) is 25.9. The van der Waals surface area contributed by atoms with Gasteiger partial charge in [0.1, 0.15) is 0 Å². The molecule has 2 aliphatic rings. The first kappa shape index (κ1) is 27.7.